The lowest BCUT2D eigenvalue weighted by Crippen LogP contribution is -2.47. The molecule has 1 fully saturated rings. The number of ether oxygens (including phenoxy) is 1. The summed E-state index contributed by atoms with van der Waals surface area (Å²) in [5.74, 6) is 1.72. The number of likely N-dealkylation sites (tertiary alicyclic amines) is 1. The van der Waals surface area contributed by atoms with Gasteiger partial charge in [0.2, 0.25) is 5.88 Å². The van der Waals surface area contributed by atoms with Gasteiger partial charge in [-0.25, -0.2) is 9.78 Å². The molecule has 0 unspecified atom stereocenters. The van der Waals surface area contributed by atoms with E-state index in [9.17, 15) is 4.79 Å². The van der Waals surface area contributed by atoms with E-state index in [2.05, 4.69) is 29.2 Å². The largest absolute Gasteiger partial charge is 0.414 e. The topological polar surface area (TPSA) is 85.4 Å². The van der Waals surface area contributed by atoms with Crippen LogP contribution >= 0.6 is 22.9 Å². The van der Waals surface area contributed by atoms with Crippen LogP contribution in [0.3, 0.4) is 0 Å². The lowest BCUT2D eigenvalue weighted by atomic mass is 10.0. The Morgan fingerprint density at radius 3 is 2.65 bits per heavy atom. The average molecular weight is 540 g/mol. The number of nitrogens with one attached hydrogen (secondary N) is 1. The minimum atomic E-state index is -0.471. The molecule has 5 rings (SSSR count). The highest BCUT2D eigenvalue weighted by Gasteiger charge is 2.25. The van der Waals surface area contributed by atoms with Gasteiger partial charge in [0.05, 0.1) is 15.8 Å². The molecule has 0 aliphatic carbocycles. The number of imidazole rings is 1. The van der Waals surface area contributed by atoms with Gasteiger partial charge in [-0.05, 0) is 45.7 Å². The van der Waals surface area contributed by atoms with Gasteiger partial charge in [0.1, 0.15) is 17.2 Å². The first kappa shape index (κ1) is 25.5. The monoisotopic (exact) mass is 539 g/mol. The molecular formula is C27H30ClN5O3S. The molecule has 0 saturated carbocycles. The summed E-state index contributed by atoms with van der Waals surface area (Å²) in [6.45, 7) is 8.48. The number of aromatic nitrogens is 3. The van der Waals surface area contributed by atoms with E-state index in [0.29, 0.717) is 45.8 Å². The van der Waals surface area contributed by atoms with Gasteiger partial charge in [0.15, 0.2) is 5.76 Å². The van der Waals surface area contributed by atoms with Crippen LogP contribution in [0.25, 0.3) is 22.0 Å². The molecule has 4 heterocycles. The van der Waals surface area contributed by atoms with Crippen LogP contribution in [0.15, 0.2) is 53.1 Å². The van der Waals surface area contributed by atoms with Crippen molar-refractivity contribution >= 4 is 29.0 Å². The summed E-state index contributed by atoms with van der Waals surface area (Å²) >= 11 is 7.51. The number of piperidine rings is 1. The molecule has 1 amide bonds. The molecule has 1 aliphatic heterocycles. The molecule has 10 heteroatoms. The van der Waals surface area contributed by atoms with Crippen molar-refractivity contribution in [1.82, 2.24) is 24.9 Å². The van der Waals surface area contributed by atoms with Gasteiger partial charge in [0, 0.05) is 36.8 Å². The van der Waals surface area contributed by atoms with Gasteiger partial charge in [-0.15, -0.1) is 11.3 Å². The van der Waals surface area contributed by atoms with E-state index < -0.39 is 6.09 Å². The highest BCUT2D eigenvalue weighted by atomic mass is 35.5. The van der Waals surface area contributed by atoms with Crippen molar-refractivity contribution in [3.8, 4) is 27.9 Å². The van der Waals surface area contributed by atoms with Crippen LogP contribution < -0.4 is 10.1 Å². The summed E-state index contributed by atoms with van der Waals surface area (Å²) < 4.78 is 14.0. The second kappa shape index (κ2) is 11.1. The zero-order valence-corrected chi connectivity index (χ0v) is 22.7. The smallest absolute Gasteiger partial charge is 0.391 e. The number of aryl methyl sites for hydroxylation is 1. The van der Waals surface area contributed by atoms with Gasteiger partial charge in [0.25, 0.3) is 0 Å². The van der Waals surface area contributed by atoms with Crippen LogP contribution in [0, 0.1) is 6.92 Å². The normalized spacial score (nSPS) is 14.8. The first-order valence-electron chi connectivity index (χ1n) is 12.4. The number of benzene rings is 1. The minimum Gasteiger partial charge on any atom is -0.391 e. The van der Waals surface area contributed by atoms with Crippen molar-refractivity contribution < 1.29 is 14.1 Å². The summed E-state index contributed by atoms with van der Waals surface area (Å²) in [6.07, 6.45) is 1.32. The number of amides is 1. The molecule has 0 radical (unpaired) electrons. The van der Waals surface area contributed by atoms with Gasteiger partial charge >= 0.3 is 6.09 Å². The first-order valence-corrected chi connectivity index (χ1v) is 13.6. The van der Waals surface area contributed by atoms with E-state index in [1.165, 1.54) is 11.3 Å². The SMILES string of the molecule is Cc1nc(-c2ccccc2)n(Cc2cc(-c3ccc(Cl)s3)on2)c1OC(=O)NC1CCN(C(C)C)CC1. The fourth-order valence-electron chi connectivity index (χ4n) is 4.60. The Labute approximate surface area is 225 Å². The summed E-state index contributed by atoms with van der Waals surface area (Å²) in [4.78, 5) is 21.0. The highest BCUT2D eigenvalue weighted by molar-refractivity contribution is 7.19. The molecule has 0 atom stereocenters. The molecule has 1 aromatic carbocycles. The Hall–Kier alpha value is -3.14. The predicted octanol–water partition coefficient (Wildman–Crippen LogP) is 6.24. The summed E-state index contributed by atoms with van der Waals surface area (Å²) in [5.41, 5.74) is 2.22. The van der Waals surface area contributed by atoms with Crippen LogP contribution in [0.2, 0.25) is 4.34 Å². The van der Waals surface area contributed by atoms with E-state index in [0.717, 1.165) is 36.4 Å². The predicted molar refractivity (Wildman–Crippen MR) is 145 cm³/mol. The summed E-state index contributed by atoms with van der Waals surface area (Å²) in [6, 6.07) is 16.0. The number of rotatable bonds is 7. The lowest BCUT2D eigenvalue weighted by molar-refractivity contribution is 0.151. The van der Waals surface area contributed by atoms with Crippen molar-refractivity contribution in [3.63, 3.8) is 0 Å². The van der Waals surface area contributed by atoms with E-state index in [4.69, 9.17) is 25.8 Å². The number of nitrogens with zero attached hydrogens (tertiary/aromatic N) is 4. The maximum atomic E-state index is 13.0. The Balaban J connectivity index is 1.37. The van der Waals surface area contributed by atoms with E-state index in [-0.39, 0.29) is 6.04 Å². The van der Waals surface area contributed by atoms with Crippen LogP contribution in [-0.4, -0.2) is 50.9 Å². The number of halogens is 1. The summed E-state index contributed by atoms with van der Waals surface area (Å²) in [5, 5.41) is 7.30. The van der Waals surface area contributed by atoms with Crippen LogP contribution in [-0.2, 0) is 6.54 Å². The molecule has 0 spiro atoms. The zero-order chi connectivity index (χ0) is 25.9. The van der Waals surface area contributed by atoms with E-state index >= 15 is 0 Å². The summed E-state index contributed by atoms with van der Waals surface area (Å²) in [7, 11) is 0. The lowest BCUT2D eigenvalue weighted by Gasteiger charge is -2.34. The third-order valence-corrected chi connectivity index (χ3v) is 7.83. The molecular weight excluding hydrogens is 510 g/mol. The second-order valence-corrected chi connectivity index (χ2v) is 11.2. The Morgan fingerprint density at radius 2 is 1.97 bits per heavy atom. The number of thiophene rings is 1. The van der Waals surface area contributed by atoms with Crippen LogP contribution in [0.1, 0.15) is 38.1 Å². The van der Waals surface area contributed by atoms with Crippen molar-refractivity contribution in [3.05, 3.63) is 64.3 Å². The number of carbonyl (C=O) groups is 1. The fraction of sp³-hybridized carbons (Fsp3) is 0.370. The molecule has 8 nitrogen and oxygen atoms in total. The third-order valence-electron chi connectivity index (χ3n) is 6.58. The average Bonchev–Trinajstić information content (AvgIpc) is 3.61. The Kier molecular flexibility index (Phi) is 7.64. The number of carbonyl (C=O) groups excluding carboxylic acids is 1. The maximum Gasteiger partial charge on any atom is 0.414 e. The molecule has 37 heavy (non-hydrogen) atoms. The quantitative estimate of drug-likeness (QED) is 0.299. The molecule has 4 aromatic rings. The van der Waals surface area contributed by atoms with Crippen LogP contribution in [0.4, 0.5) is 4.79 Å². The van der Waals surface area contributed by atoms with E-state index in [1.807, 2.05) is 60.0 Å². The molecule has 1 saturated heterocycles. The second-order valence-electron chi connectivity index (χ2n) is 9.50. The minimum absolute atomic E-state index is 0.0866. The highest BCUT2D eigenvalue weighted by Crippen LogP contribution is 2.33. The van der Waals surface area contributed by atoms with Crippen molar-refractivity contribution in [2.75, 3.05) is 13.1 Å². The van der Waals surface area contributed by atoms with Crippen molar-refractivity contribution in [2.45, 2.75) is 52.2 Å². The fourth-order valence-corrected chi connectivity index (χ4v) is 5.59. The van der Waals surface area contributed by atoms with E-state index in [1.54, 1.807) is 0 Å². The Morgan fingerprint density at radius 1 is 1.22 bits per heavy atom. The Bertz CT molecular complexity index is 1360. The van der Waals surface area contributed by atoms with Crippen molar-refractivity contribution in [1.29, 1.82) is 0 Å². The molecule has 194 valence electrons. The van der Waals surface area contributed by atoms with Gasteiger partial charge in [-0.2, -0.15) is 0 Å². The molecule has 1 aliphatic rings. The number of hydrogen-bond donors (Lipinski definition) is 1. The van der Waals surface area contributed by atoms with Gasteiger partial charge in [-0.1, -0.05) is 47.1 Å². The molecule has 0 bridgehead atoms. The van der Waals surface area contributed by atoms with Crippen LogP contribution in [0.5, 0.6) is 5.88 Å². The van der Waals surface area contributed by atoms with Crippen molar-refractivity contribution in [2.24, 2.45) is 0 Å². The van der Waals surface area contributed by atoms with Gasteiger partial charge in [-0.3, -0.25) is 4.57 Å². The molecule has 1 N–H and O–H groups in total. The zero-order valence-electron chi connectivity index (χ0n) is 21.1. The maximum absolute atomic E-state index is 13.0. The third kappa shape index (κ3) is 5.89. The number of hydrogen-bond acceptors (Lipinski definition) is 7. The van der Waals surface area contributed by atoms with Gasteiger partial charge < -0.3 is 19.5 Å². The molecule has 3 aromatic heterocycles. The first-order chi connectivity index (χ1) is 17.9. The standard InChI is InChI=1S/C27H30ClN5O3S/c1-17(2)32-13-11-20(12-14-32)30-27(34)35-26-18(3)29-25(19-7-5-4-6-8-19)33(26)16-21-15-22(36-31-21)23-9-10-24(28)37-23/h4-10,15,17,20H,11-14,16H2,1-3H3,(H,30,34).